The Kier molecular flexibility index (Phi) is 3.88. The van der Waals surface area contributed by atoms with Crippen molar-refractivity contribution in [3.05, 3.63) is 63.9 Å². The lowest BCUT2D eigenvalue weighted by Crippen LogP contribution is -2.09. The summed E-state index contributed by atoms with van der Waals surface area (Å²) in [5.74, 6) is 0.565. The largest absolute Gasteiger partial charge is 0.306 e. The second kappa shape index (κ2) is 5.43. The zero-order valence-corrected chi connectivity index (χ0v) is 11.3. The fourth-order valence-electron chi connectivity index (χ4n) is 1.84. The minimum absolute atomic E-state index is 0. The lowest BCUT2D eigenvalue weighted by molar-refractivity contribution is 1.18. The molecule has 0 aliphatic carbocycles. The molecular formula is C14H10Cl2N2O. The van der Waals surface area contributed by atoms with Gasteiger partial charge in [-0.1, -0.05) is 41.9 Å². The van der Waals surface area contributed by atoms with Gasteiger partial charge < -0.3 is 4.98 Å². The van der Waals surface area contributed by atoms with Crippen molar-refractivity contribution in [2.45, 2.75) is 0 Å². The van der Waals surface area contributed by atoms with Gasteiger partial charge in [0.25, 0.3) is 5.56 Å². The van der Waals surface area contributed by atoms with Gasteiger partial charge in [0.2, 0.25) is 0 Å². The highest BCUT2D eigenvalue weighted by Gasteiger charge is 2.05. The molecule has 0 atom stereocenters. The molecule has 0 amide bonds. The number of aromatic nitrogens is 2. The van der Waals surface area contributed by atoms with Gasteiger partial charge in [0.15, 0.2) is 0 Å². The van der Waals surface area contributed by atoms with E-state index in [1.165, 1.54) is 0 Å². The molecule has 0 radical (unpaired) electrons. The number of hydrogen-bond acceptors (Lipinski definition) is 2. The Labute approximate surface area is 120 Å². The van der Waals surface area contributed by atoms with Gasteiger partial charge >= 0.3 is 0 Å². The predicted octanol–water partition coefficient (Wildman–Crippen LogP) is 3.67. The summed E-state index contributed by atoms with van der Waals surface area (Å²) in [6.07, 6.45) is 0. The van der Waals surface area contributed by atoms with Crippen LogP contribution in [-0.4, -0.2) is 9.97 Å². The number of H-pyrrole nitrogens is 1. The number of nitrogens with zero attached hydrogens (tertiary/aromatic N) is 1. The Balaban J connectivity index is 0.00000133. The smallest absolute Gasteiger partial charge is 0.259 e. The molecule has 96 valence electrons. The van der Waals surface area contributed by atoms with E-state index in [1.807, 2.05) is 30.3 Å². The number of rotatable bonds is 1. The molecule has 0 spiro atoms. The van der Waals surface area contributed by atoms with Crippen LogP contribution < -0.4 is 5.56 Å². The lowest BCUT2D eigenvalue weighted by Gasteiger charge is -2.03. The molecule has 0 saturated heterocycles. The Hall–Kier alpha value is -1.84. The van der Waals surface area contributed by atoms with Crippen molar-refractivity contribution in [3.63, 3.8) is 0 Å². The SMILES string of the molecule is Cl.O=c1[nH]c(-c2ccccc2)nc2ccc(Cl)cc12. The summed E-state index contributed by atoms with van der Waals surface area (Å²) in [7, 11) is 0. The van der Waals surface area contributed by atoms with Crippen LogP contribution in [0.15, 0.2) is 53.3 Å². The maximum atomic E-state index is 12.0. The normalized spacial score (nSPS) is 10.2. The summed E-state index contributed by atoms with van der Waals surface area (Å²) < 4.78 is 0. The Morgan fingerprint density at radius 3 is 2.53 bits per heavy atom. The van der Waals surface area contributed by atoms with Gasteiger partial charge in [-0.25, -0.2) is 4.98 Å². The molecule has 5 heteroatoms. The number of nitrogens with one attached hydrogen (secondary N) is 1. The van der Waals surface area contributed by atoms with Gasteiger partial charge in [0, 0.05) is 10.6 Å². The minimum Gasteiger partial charge on any atom is -0.306 e. The molecule has 19 heavy (non-hydrogen) atoms. The van der Waals surface area contributed by atoms with E-state index in [4.69, 9.17) is 11.6 Å². The molecular weight excluding hydrogens is 283 g/mol. The van der Waals surface area contributed by atoms with E-state index in [2.05, 4.69) is 9.97 Å². The van der Waals surface area contributed by atoms with Crippen LogP contribution in [0, 0.1) is 0 Å². The molecule has 3 rings (SSSR count). The summed E-state index contributed by atoms with van der Waals surface area (Å²) in [5, 5.41) is 1.03. The molecule has 1 aromatic heterocycles. The van der Waals surface area contributed by atoms with E-state index < -0.39 is 0 Å². The van der Waals surface area contributed by atoms with Crippen molar-refractivity contribution in [2.24, 2.45) is 0 Å². The topological polar surface area (TPSA) is 45.8 Å². The maximum absolute atomic E-state index is 12.0. The van der Waals surface area contributed by atoms with E-state index in [0.717, 1.165) is 5.56 Å². The van der Waals surface area contributed by atoms with Crippen molar-refractivity contribution >= 4 is 34.9 Å². The molecule has 1 heterocycles. The summed E-state index contributed by atoms with van der Waals surface area (Å²) in [6, 6.07) is 14.6. The highest BCUT2D eigenvalue weighted by atomic mass is 35.5. The summed E-state index contributed by atoms with van der Waals surface area (Å²) >= 11 is 5.87. The third kappa shape index (κ3) is 2.62. The minimum atomic E-state index is -0.179. The van der Waals surface area contributed by atoms with Crippen LogP contribution in [0.4, 0.5) is 0 Å². The summed E-state index contributed by atoms with van der Waals surface area (Å²) in [4.78, 5) is 19.2. The van der Waals surface area contributed by atoms with Gasteiger partial charge in [-0.05, 0) is 18.2 Å². The van der Waals surface area contributed by atoms with Crippen molar-refractivity contribution in [2.75, 3.05) is 0 Å². The summed E-state index contributed by atoms with van der Waals surface area (Å²) in [6.45, 7) is 0. The first-order valence-corrected chi connectivity index (χ1v) is 5.87. The Bertz CT molecular complexity index is 769. The van der Waals surface area contributed by atoms with Crippen LogP contribution in [0.3, 0.4) is 0 Å². The van der Waals surface area contributed by atoms with Crippen LogP contribution in [0.25, 0.3) is 22.3 Å². The van der Waals surface area contributed by atoms with Gasteiger partial charge in [-0.2, -0.15) is 0 Å². The fraction of sp³-hybridized carbons (Fsp3) is 0. The average Bonchev–Trinajstić information content (AvgIpc) is 2.40. The zero-order valence-electron chi connectivity index (χ0n) is 9.76. The van der Waals surface area contributed by atoms with Crippen LogP contribution >= 0.6 is 24.0 Å². The molecule has 1 N–H and O–H groups in total. The first-order valence-electron chi connectivity index (χ1n) is 5.49. The van der Waals surface area contributed by atoms with Gasteiger partial charge in [-0.15, -0.1) is 12.4 Å². The highest BCUT2D eigenvalue weighted by Crippen LogP contribution is 2.18. The van der Waals surface area contributed by atoms with Gasteiger partial charge in [-0.3, -0.25) is 4.79 Å². The van der Waals surface area contributed by atoms with Gasteiger partial charge in [0.1, 0.15) is 5.82 Å². The predicted molar refractivity (Wildman–Crippen MR) is 80.1 cm³/mol. The first kappa shape index (κ1) is 13.6. The standard InChI is InChI=1S/C14H9ClN2O.ClH/c15-10-6-7-12-11(8-10)14(18)17-13(16-12)9-4-2-1-3-5-9;/h1-8H,(H,16,17,18);1H. The quantitative estimate of drug-likeness (QED) is 0.744. The Morgan fingerprint density at radius 1 is 1.05 bits per heavy atom. The second-order valence-electron chi connectivity index (χ2n) is 3.94. The van der Waals surface area contributed by atoms with Gasteiger partial charge in [0.05, 0.1) is 10.9 Å². The first-order chi connectivity index (χ1) is 8.74. The van der Waals surface area contributed by atoms with Crippen LogP contribution in [-0.2, 0) is 0 Å². The number of benzene rings is 2. The Morgan fingerprint density at radius 2 is 1.79 bits per heavy atom. The number of halogens is 2. The zero-order chi connectivity index (χ0) is 12.5. The number of hydrogen-bond donors (Lipinski definition) is 1. The summed E-state index contributed by atoms with van der Waals surface area (Å²) in [5.41, 5.74) is 1.34. The van der Waals surface area contributed by atoms with Crippen molar-refractivity contribution in [1.82, 2.24) is 9.97 Å². The average molecular weight is 293 g/mol. The van der Waals surface area contributed by atoms with Crippen molar-refractivity contribution in [3.8, 4) is 11.4 Å². The van der Waals surface area contributed by atoms with E-state index in [-0.39, 0.29) is 18.0 Å². The number of aromatic amines is 1. The molecule has 0 unspecified atom stereocenters. The third-order valence-corrected chi connectivity index (χ3v) is 2.95. The van der Waals surface area contributed by atoms with Crippen molar-refractivity contribution < 1.29 is 0 Å². The monoisotopic (exact) mass is 292 g/mol. The highest BCUT2D eigenvalue weighted by molar-refractivity contribution is 6.31. The molecule has 0 saturated carbocycles. The molecule has 0 fully saturated rings. The molecule has 0 aliphatic rings. The molecule has 3 aromatic rings. The molecule has 3 nitrogen and oxygen atoms in total. The lowest BCUT2D eigenvalue weighted by atomic mass is 10.2. The van der Waals surface area contributed by atoms with Crippen LogP contribution in [0.1, 0.15) is 0 Å². The van der Waals surface area contributed by atoms with Crippen LogP contribution in [0.5, 0.6) is 0 Å². The fourth-order valence-corrected chi connectivity index (χ4v) is 2.02. The third-order valence-electron chi connectivity index (χ3n) is 2.71. The van der Waals surface area contributed by atoms with E-state index in [0.29, 0.717) is 21.7 Å². The van der Waals surface area contributed by atoms with E-state index in [9.17, 15) is 4.79 Å². The second-order valence-corrected chi connectivity index (χ2v) is 4.38. The van der Waals surface area contributed by atoms with Crippen LogP contribution in [0.2, 0.25) is 5.02 Å². The van der Waals surface area contributed by atoms with E-state index in [1.54, 1.807) is 18.2 Å². The number of fused-ring (bicyclic) bond motifs is 1. The molecule has 0 bridgehead atoms. The van der Waals surface area contributed by atoms with Crippen molar-refractivity contribution in [1.29, 1.82) is 0 Å². The maximum Gasteiger partial charge on any atom is 0.259 e. The van der Waals surface area contributed by atoms with E-state index >= 15 is 0 Å². The molecule has 2 aromatic carbocycles. The molecule has 0 aliphatic heterocycles.